The molecule has 2 N–H and O–H groups in total. The summed E-state index contributed by atoms with van der Waals surface area (Å²) in [6.07, 6.45) is 0.687. The molecular formula is C20H18N2O4. The van der Waals surface area contributed by atoms with Gasteiger partial charge in [0, 0.05) is 11.9 Å². The minimum atomic E-state index is -0.925. The van der Waals surface area contributed by atoms with Crippen LogP contribution in [0, 0.1) is 0 Å². The number of hydrogen-bond donors (Lipinski definition) is 2. The van der Waals surface area contributed by atoms with Gasteiger partial charge in [-0.05, 0) is 55.5 Å². The molecule has 0 saturated carbocycles. The number of H-pyrrole nitrogens is 1. The number of carbonyl (C=O) groups excluding carboxylic acids is 2. The average molecular weight is 350 g/mol. The largest absolute Gasteiger partial charge is 0.457 e. The van der Waals surface area contributed by atoms with Gasteiger partial charge in [0.1, 0.15) is 17.2 Å². The van der Waals surface area contributed by atoms with Gasteiger partial charge in [-0.3, -0.25) is 4.79 Å². The predicted molar refractivity (Wildman–Crippen MR) is 97.3 cm³/mol. The lowest BCUT2D eigenvalue weighted by Gasteiger charge is -2.13. The maximum Gasteiger partial charge on any atom is 0.355 e. The zero-order chi connectivity index (χ0) is 18.4. The number of amides is 1. The van der Waals surface area contributed by atoms with Crippen LogP contribution in [-0.2, 0) is 9.53 Å². The normalized spacial score (nSPS) is 11.4. The highest BCUT2D eigenvalue weighted by molar-refractivity contribution is 5.96. The number of hydrogen-bond acceptors (Lipinski definition) is 4. The fourth-order valence-electron chi connectivity index (χ4n) is 2.21. The van der Waals surface area contributed by atoms with Crippen LogP contribution in [0.25, 0.3) is 0 Å². The van der Waals surface area contributed by atoms with Crippen molar-refractivity contribution in [1.29, 1.82) is 0 Å². The Balaban J connectivity index is 1.54. The van der Waals surface area contributed by atoms with E-state index < -0.39 is 18.0 Å². The summed E-state index contributed by atoms with van der Waals surface area (Å²) in [4.78, 5) is 26.7. The van der Waals surface area contributed by atoms with Gasteiger partial charge in [-0.1, -0.05) is 18.2 Å². The van der Waals surface area contributed by atoms with Crippen molar-refractivity contribution in [1.82, 2.24) is 4.98 Å². The van der Waals surface area contributed by atoms with E-state index in [9.17, 15) is 9.59 Å². The van der Waals surface area contributed by atoms with Crippen molar-refractivity contribution in [2.45, 2.75) is 13.0 Å². The molecule has 0 unspecified atom stereocenters. The monoisotopic (exact) mass is 350 g/mol. The SMILES string of the molecule is C[C@H](OC(=O)c1ccc[nH]1)C(=O)Nc1ccc(Oc2ccccc2)cc1. The number of carbonyl (C=O) groups is 2. The van der Waals surface area contributed by atoms with E-state index in [1.807, 2.05) is 30.3 Å². The molecular weight excluding hydrogens is 332 g/mol. The number of ether oxygens (including phenoxy) is 2. The third kappa shape index (κ3) is 4.51. The van der Waals surface area contributed by atoms with Crippen LogP contribution in [0.2, 0.25) is 0 Å². The molecule has 26 heavy (non-hydrogen) atoms. The van der Waals surface area contributed by atoms with Gasteiger partial charge in [0.25, 0.3) is 5.91 Å². The van der Waals surface area contributed by atoms with Gasteiger partial charge in [-0.25, -0.2) is 4.79 Å². The molecule has 1 aromatic heterocycles. The highest BCUT2D eigenvalue weighted by Gasteiger charge is 2.19. The maximum absolute atomic E-state index is 12.2. The van der Waals surface area contributed by atoms with E-state index in [0.29, 0.717) is 17.1 Å². The van der Waals surface area contributed by atoms with E-state index in [2.05, 4.69) is 10.3 Å². The minimum Gasteiger partial charge on any atom is -0.457 e. The Labute approximate surface area is 150 Å². The van der Waals surface area contributed by atoms with Crippen molar-refractivity contribution in [3.8, 4) is 11.5 Å². The summed E-state index contributed by atoms with van der Waals surface area (Å²) >= 11 is 0. The van der Waals surface area contributed by atoms with Crippen LogP contribution in [0.5, 0.6) is 11.5 Å². The predicted octanol–water partition coefficient (Wildman–Crippen LogP) is 3.99. The van der Waals surface area contributed by atoms with Crippen LogP contribution in [0.1, 0.15) is 17.4 Å². The van der Waals surface area contributed by atoms with E-state index in [1.54, 1.807) is 42.6 Å². The van der Waals surface area contributed by atoms with Crippen molar-refractivity contribution >= 4 is 17.6 Å². The molecule has 0 saturated heterocycles. The first-order chi connectivity index (χ1) is 12.6. The Kier molecular flexibility index (Phi) is 5.34. The summed E-state index contributed by atoms with van der Waals surface area (Å²) in [5, 5.41) is 2.70. The molecule has 2 aromatic carbocycles. The van der Waals surface area contributed by atoms with Crippen molar-refractivity contribution < 1.29 is 19.1 Å². The summed E-state index contributed by atoms with van der Waals surface area (Å²) < 4.78 is 10.8. The first-order valence-corrected chi connectivity index (χ1v) is 8.10. The second-order valence-corrected chi connectivity index (χ2v) is 5.56. The quantitative estimate of drug-likeness (QED) is 0.659. The molecule has 1 atom stereocenters. The van der Waals surface area contributed by atoms with Gasteiger partial charge in [-0.2, -0.15) is 0 Å². The molecule has 0 aliphatic rings. The van der Waals surface area contributed by atoms with Crippen molar-refractivity contribution in [2.75, 3.05) is 5.32 Å². The van der Waals surface area contributed by atoms with Crippen LogP contribution in [0.15, 0.2) is 72.9 Å². The third-order valence-electron chi connectivity index (χ3n) is 3.57. The Bertz CT molecular complexity index is 859. The molecule has 0 aliphatic carbocycles. The molecule has 6 nitrogen and oxygen atoms in total. The van der Waals surface area contributed by atoms with Crippen LogP contribution in [0.3, 0.4) is 0 Å². The van der Waals surface area contributed by atoms with Gasteiger partial charge in [0.15, 0.2) is 6.10 Å². The number of aromatic nitrogens is 1. The molecule has 1 amide bonds. The summed E-state index contributed by atoms with van der Waals surface area (Å²) in [5.41, 5.74) is 0.880. The first-order valence-electron chi connectivity index (χ1n) is 8.10. The number of rotatable bonds is 6. The zero-order valence-electron chi connectivity index (χ0n) is 14.1. The Hall–Kier alpha value is -3.54. The van der Waals surface area contributed by atoms with Gasteiger partial charge >= 0.3 is 5.97 Å². The molecule has 1 heterocycles. The van der Waals surface area contributed by atoms with Gasteiger partial charge in [0.2, 0.25) is 0 Å². The fourth-order valence-corrected chi connectivity index (χ4v) is 2.21. The summed E-state index contributed by atoms with van der Waals surface area (Å²) in [7, 11) is 0. The average Bonchev–Trinajstić information content (AvgIpc) is 3.19. The molecule has 0 aliphatic heterocycles. The first kappa shape index (κ1) is 17.3. The van der Waals surface area contributed by atoms with Gasteiger partial charge in [-0.15, -0.1) is 0 Å². The number of nitrogens with one attached hydrogen (secondary N) is 2. The zero-order valence-corrected chi connectivity index (χ0v) is 14.1. The second-order valence-electron chi connectivity index (χ2n) is 5.56. The highest BCUT2D eigenvalue weighted by atomic mass is 16.5. The lowest BCUT2D eigenvalue weighted by Crippen LogP contribution is -2.30. The molecule has 0 spiro atoms. The topological polar surface area (TPSA) is 80.4 Å². The minimum absolute atomic E-state index is 0.298. The van der Waals surface area contributed by atoms with Gasteiger partial charge in [0.05, 0.1) is 0 Å². The summed E-state index contributed by atoms with van der Waals surface area (Å²) in [6.45, 7) is 1.52. The van der Waals surface area contributed by atoms with Crippen molar-refractivity contribution in [3.05, 3.63) is 78.6 Å². The molecule has 3 rings (SSSR count). The molecule has 6 heteroatoms. The van der Waals surface area contributed by atoms with Crippen molar-refractivity contribution in [3.63, 3.8) is 0 Å². The maximum atomic E-state index is 12.2. The smallest absolute Gasteiger partial charge is 0.355 e. The van der Waals surface area contributed by atoms with E-state index in [0.717, 1.165) is 5.75 Å². The molecule has 0 radical (unpaired) electrons. The molecule has 0 bridgehead atoms. The number of aromatic amines is 1. The van der Waals surface area contributed by atoms with E-state index in [-0.39, 0.29) is 0 Å². The lowest BCUT2D eigenvalue weighted by atomic mass is 10.2. The highest BCUT2D eigenvalue weighted by Crippen LogP contribution is 2.22. The molecule has 0 fully saturated rings. The molecule has 3 aromatic rings. The fraction of sp³-hybridized carbons (Fsp3) is 0.100. The van der Waals surface area contributed by atoms with Crippen molar-refractivity contribution in [2.24, 2.45) is 0 Å². The standard InChI is InChI=1S/C20H18N2O4/c1-14(25-20(24)18-8-5-13-21-18)19(23)22-15-9-11-17(12-10-15)26-16-6-3-2-4-7-16/h2-14,21H,1H3,(H,22,23)/t14-/m0/s1. The number of esters is 1. The Morgan fingerprint density at radius 1 is 0.923 bits per heavy atom. The second kappa shape index (κ2) is 8.02. The van der Waals surface area contributed by atoms with Crippen LogP contribution in [-0.4, -0.2) is 23.0 Å². The Morgan fingerprint density at radius 3 is 2.27 bits per heavy atom. The summed E-state index contributed by atoms with van der Waals surface area (Å²) in [6, 6.07) is 19.6. The molecule has 132 valence electrons. The van der Waals surface area contributed by atoms with Gasteiger partial charge < -0.3 is 19.8 Å². The number of anilines is 1. The summed E-state index contributed by atoms with van der Waals surface area (Å²) in [5.74, 6) is 0.389. The van der Waals surface area contributed by atoms with E-state index >= 15 is 0 Å². The van der Waals surface area contributed by atoms with E-state index in [1.165, 1.54) is 6.92 Å². The third-order valence-corrected chi connectivity index (χ3v) is 3.57. The van der Waals surface area contributed by atoms with E-state index in [4.69, 9.17) is 9.47 Å². The number of para-hydroxylation sites is 1. The lowest BCUT2D eigenvalue weighted by molar-refractivity contribution is -0.123. The number of benzene rings is 2. The van der Waals surface area contributed by atoms with Crippen LogP contribution >= 0.6 is 0 Å². The Morgan fingerprint density at radius 2 is 1.62 bits per heavy atom. The van der Waals surface area contributed by atoms with Crippen LogP contribution < -0.4 is 10.1 Å². The van der Waals surface area contributed by atoms with Crippen LogP contribution in [0.4, 0.5) is 5.69 Å².